The Hall–Kier alpha value is -2.35. The molecule has 0 atom stereocenters. The number of rotatable bonds is 3. The van der Waals surface area contributed by atoms with Gasteiger partial charge in [-0.15, -0.1) is 0 Å². The van der Waals surface area contributed by atoms with Crippen molar-refractivity contribution in [2.24, 2.45) is 0 Å². The van der Waals surface area contributed by atoms with Crippen molar-refractivity contribution in [3.63, 3.8) is 0 Å². The molecule has 9 heteroatoms. The minimum atomic E-state index is -0.910. The van der Waals surface area contributed by atoms with Crippen LogP contribution in [0.4, 0.5) is 26.0 Å². The Balaban J connectivity index is 2.50. The summed E-state index contributed by atoms with van der Waals surface area (Å²) in [5.74, 6) is -1.94. The highest BCUT2D eigenvalue weighted by Gasteiger charge is 2.22. The van der Waals surface area contributed by atoms with Gasteiger partial charge in [-0.05, 0) is 30.7 Å². The second-order valence-corrected chi connectivity index (χ2v) is 4.12. The average Bonchev–Trinajstić information content (AvgIpc) is 2.31. The molecule has 0 amide bonds. The molecule has 0 aliphatic rings. The zero-order chi connectivity index (χ0) is 14.9. The molecule has 1 heterocycles. The quantitative estimate of drug-likeness (QED) is 0.534. The Kier molecular flexibility index (Phi) is 3.75. The number of nitrogens with one attached hydrogen (secondary N) is 1. The number of halogens is 3. The molecule has 0 saturated heterocycles. The van der Waals surface area contributed by atoms with E-state index in [2.05, 4.69) is 15.3 Å². The second-order valence-electron chi connectivity index (χ2n) is 3.78. The third kappa shape index (κ3) is 2.80. The van der Waals surface area contributed by atoms with Gasteiger partial charge in [0, 0.05) is 6.07 Å². The van der Waals surface area contributed by atoms with E-state index in [-0.39, 0.29) is 22.5 Å². The summed E-state index contributed by atoms with van der Waals surface area (Å²) in [5.41, 5.74) is -0.568. The fourth-order valence-corrected chi connectivity index (χ4v) is 1.77. The van der Waals surface area contributed by atoms with Gasteiger partial charge < -0.3 is 5.32 Å². The highest BCUT2D eigenvalue weighted by Crippen LogP contribution is 2.30. The van der Waals surface area contributed by atoms with E-state index in [1.807, 2.05) is 0 Å². The fourth-order valence-electron chi connectivity index (χ4n) is 1.56. The van der Waals surface area contributed by atoms with E-state index in [0.29, 0.717) is 6.07 Å². The predicted octanol–water partition coefficient (Wildman–Crippen LogP) is 3.37. The molecule has 0 unspecified atom stereocenters. The Morgan fingerprint density at radius 3 is 2.65 bits per heavy atom. The first kappa shape index (κ1) is 14.1. The molecule has 2 aromatic rings. The molecular weight excluding hydrogens is 294 g/mol. The molecule has 0 bridgehead atoms. The Morgan fingerprint density at radius 2 is 2.05 bits per heavy atom. The second kappa shape index (κ2) is 5.33. The number of aromatic nitrogens is 2. The van der Waals surface area contributed by atoms with Gasteiger partial charge in [0.1, 0.15) is 17.3 Å². The van der Waals surface area contributed by atoms with E-state index < -0.39 is 22.2 Å². The first-order chi connectivity index (χ1) is 9.38. The van der Waals surface area contributed by atoms with Crippen LogP contribution in [0.5, 0.6) is 0 Å². The largest absolute Gasteiger partial charge is 0.332 e. The van der Waals surface area contributed by atoms with Crippen LogP contribution in [0.1, 0.15) is 5.69 Å². The van der Waals surface area contributed by atoms with Gasteiger partial charge >= 0.3 is 5.69 Å². The van der Waals surface area contributed by atoms with Crippen LogP contribution < -0.4 is 5.32 Å². The van der Waals surface area contributed by atoms with Crippen LogP contribution in [-0.4, -0.2) is 14.9 Å². The Morgan fingerprint density at radius 1 is 1.35 bits per heavy atom. The number of nitro groups is 1. The maximum absolute atomic E-state index is 13.5. The average molecular weight is 301 g/mol. The normalized spacial score (nSPS) is 10.4. The van der Waals surface area contributed by atoms with Gasteiger partial charge in [0.15, 0.2) is 0 Å². The standard InChI is InChI=1S/C11H7ClF2N4O2/c1-5-9(18(19)20)10(17-11(12)15-5)16-8-3-2-6(13)4-7(8)14/h2-4H,1H3,(H,15,16,17). The van der Waals surface area contributed by atoms with Crippen molar-refractivity contribution in [1.82, 2.24) is 9.97 Å². The number of anilines is 2. The number of nitrogens with zero attached hydrogens (tertiary/aromatic N) is 3. The van der Waals surface area contributed by atoms with Crippen LogP contribution in [0.25, 0.3) is 0 Å². The van der Waals surface area contributed by atoms with Crippen molar-refractivity contribution in [3.05, 3.63) is 50.9 Å². The molecule has 0 saturated carbocycles. The van der Waals surface area contributed by atoms with E-state index in [1.54, 1.807) is 0 Å². The molecule has 0 fully saturated rings. The van der Waals surface area contributed by atoms with E-state index in [4.69, 9.17) is 11.6 Å². The van der Waals surface area contributed by atoms with Gasteiger partial charge in [-0.2, -0.15) is 4.98 Å². The minimum absolute atomic E-state index is 0.0278. The molecule has 1 N–H and O–H groups in total. The van der Waals surface area contributed by atoms with Crippen molar-refractivity contribution in [1.29, 1.82) is 0 Å². The lowest BCUT2D eigenvalue weighted by Crippen LogP contribution is -2.05. The summed E-state index contributed by atoms with van der Waals surface area (Å²) in [7, 11) is 0. The highest BCUT2D eigenvalue weighted by molar-refractivity contribution is 6.28. The lowest BCUT2D eigenvalue weighted by atomic mass is 10.3. The Labute approximate surface area is 116 Å². The molecule has 0 spiro atoms. The molecule has 6 nitrogen and oxygen atoms in total. The maximum atomic E-state index is 13.5. The van der Waals surface area contributed by atoms with Crippen molar-refractivity contribution in [2.75, 3.05) is 5.32 Å². The summed E-state index contributed by atoms with van der Waals surface area (Å²) in [6.07, 6.45) is 0. The van der Waals surface area contributed by atoms with Crippen LogP contribution in [0.3, 0.4) is 0 Å². The number of benzene rings is 1. The van der Waals surface area contributed by atoms with Crippen molar-refractivity contribution in [3.8, 4) is 0 Å². The van der Waals surface area contributed by atoms with E-state index in [1.165, 1.54) is 6.92 Å². The summed E-state index contributed by atoms with van der Waals surface area (Å²) >= 11 is 5.62. The maximum Gasteiger partial charge on any atom is 0.332 e. The smallest absolute Gasteiger partial charge is 0.332 e. The van der Waals surface area contributed by atoms with Gasteiger partial charge in [0.2, 0.25) is 11.1 Å². The van der Waals surface area contributed by atoms with E-state index in [0.717, 1.165) is 12.1 Å². The monoisotopic (exact) mass is 300 g/mol. The molecule has 20 heavy (non-hydrogen) atoms. The summed E-state index contributed by atoms with van der Waals surface area (Å²) in [6, 6.07) is 2.75. The van der Waals surface area contributed by atoms with Gasteiger partial charge in [-0.1, -0.05) is 0 Å². The summed E-state index contributed by atoms with van der Waals surface area (Å²) in [5, 5.41) is 13.2. The lowest BCUT2D eigenvalue weighted by molar-refractivity contribution is -0.385. The van der Waals surface area contributed by atoms with Crippen LogP contribution >= 0.6 is 11.6 Å². The predicted molar refractivity (Wildman–Crippen MR) is 68.1 cm³/mol. The van der Waals surface area contributed by atoms with Crippen LogP contribution in [0, 0.1) is 28.7 Å². The van der Waals surface area contributed by atoms with Crippen LogP contribution in [-0.2, 0) is 0 Å². The van der Waals surface area contributed by atoms with E-state index >= 15 is 0 Å². The van der Waals surface area contributed by atoms with Gasteiger partial charge in [0.25, 0.3) is 0 Å². The van der Waals surface area contributed by atoms with Crippen molar-refractivity contribution < 1.29 is 13.7 Å². The van der Waals surface area contributed by atoms with Crippen molar-refractivity contribution in [2.45, 2.75) is 6.92 Å². The lowest BCUT2D eigenvalue weighted by Gasteiger charge is -2.08. The first-order valence-corrected chi connectivity index (χ1v) is 5.67. The van der Waals surface area contributed by atoms with E-state index in [9.17, 15) is 18.9 Å². The third-order valence-corrected chi connectivity index (χ3v) is 2.57. The van der Waals surface area contributed by atoms with Crippen molar-refractivity contribution >= 4 is 28.8 Å². The number of aryl methyl sites for hydroxylation is 1. The van der Waals surface area contributed by atoms with Gasteiger partial charge in [-0.25, -0.2) is 13.8 Å². The molecule has 0 aliphatic carbocycles. The van der Waals surface area contributed by atoms with Gasteiger partial charge in [-0.3, -0.25) is 10.1 Å². The summed E-state index contributed by atoms with van der Waals surface area (Å²) < 4.78 is 26.3. The molecule has 1 aromatic heterocycles. The topological polar surface area (TPSA) is 81.0 Å². The summed E-state index contributed by atoms with van der Waals surface area (Å²) in [4.78, 5) is 17.6. The third-order valence-electron chi connectivity index (χ3n) is 2.40. The molecule has 2 rings (SSSR count). The molecule has 1 aromatic carbocycles. The molecule has 0 radical (unpaired) electrons. The first-order valence-electron chi connectivity index (χ1n) is 5.29. The van der Waals surface area contributed by atoms with Crippen LogP contribution in [0.2, 0.25) is 5.28 Å². The fraction of sp³-hybridized carbons (Fsp3) is 0.0909. The molecular formula is C11H7ClF2N4O2. The number of hydrogen-bond donors (Lipinski definition) is 1. The number of hydrogen-bond acceptors (Lipinski definition) is 5. The SMILES string of the molecule is Cc1nc(Cl)nc(Nc2ccc(F)cc2F)c1[N+](=O)[O-]. The molecule has 104 valence electrons. The minimum Gasteiger partial charge on any atom is -0.332 e. The Bertz CT molecular complexity index is 696. The zero-order valence-electron chi connectivity index (χ0n) is 10.0. The summed E-state index contributed by atoms with van der Waals surface area (Å²) in [6.45, 7) is 1.37. The molecule has 0 aliphatic heterocycles. The van der Waals surface area contributed by atoms with Crippen LogP contribution in [0.15, 0.2) is 18.2 Å². The van der Waals surface area contributed by atoms with Gasteiger partial charge in [0.05, 0.1) is 10.6 Å². The zero-order valence-corrected chi connectivity index (χ0v) is 10.8. The highest BCUT2D eigenvalue weighted by atomic mass is 35.5.